The second-order valence-electron chi connectivity index (χ2n) is 2.62. The third-order valence-corrected chi connectivity index (χ3v) is 1.72. The fourth-order valence-electron chi connectivity index (χ4n) is 1.10. The molecule has 4 heteroatoms. The molecule has 0 fully saturated rings. The molecule has 0 aliphatic carbocycles. The topological polar surface area (TPSA) is 58.9 Å². The van der Waals surface area contributed by atoms with E-state index in [0.717, 1.165) is 12.0 Å². The van der Waals surface area contributed by atoms with E-state index < -0.39 is 0 Å². The van der Waals surface area contributed by atoms with E-state index in [-0.39, 0.29) is 0 Å². The lowest BCUT2D eigenvalue weighted by Crippen LogP contribution is -1.78. The number of hydrogen-bond acceptors (Lipinski definition) is 4. The van der Waals surface area contributed by atoms with Gasteiger partial charge in [-0.2, -0.15) is 9.98 Å². The largest absolute Gasteiger partial charge is 0.240 e. The van der Waals surface area contributed by atoms with Crippen molar-refractivity contribution in [1.82, 2.24) is 0 Å². The number of hydrogen-bond donors (Lipinski definition) is 0. The molecule has 1 rings (SSSR count). The Morgan fingerprint density at radius 2 is 1.57 bits per heavy atom. The highest BCUT2D eigenvalue weighted by atomic mass is 16.1. The summed E-state index contributed by atoms with van der Waals surface area (Å²) in [6, 6.07) is 5.01. The third kappa shape index (κ3) is 2.49. The Hall–Kier alpha value is -2.02. The summed E-state index contributed by atoms with van der Waals surface area (Å²) in [7, 11) is 0. The molecule has 0 amide bonds. The van der Waals surface area contributed by atoms with E-state index in [0.29, 0.717) is 11.4 Å². The quantitative estimate of drug-likeness (QED) is 0.539. The van der Waals surface area contributed by atoms with E-state index in [1.807, 2.05) is 6.92 Å². The molecule has 0 aromatic heterocycles. The Morgan fingerprint density at radius 3 is 1.93 bits per heavy atom. The smallest absolute Gasteiger partial charge is 0.211 e. The van der Waals surface area contributed by atoms with Gasteiger partial charge in [0.05, 0.1) is 11.4 Å². The van der Waals surface area contributed by atoms with Crippen molar-refractivity contribution >= 4 is 23.5 Å². The van der Waals surface area contributed by atoms with Gasteiger partial charge in [-0.05, 0) is 30.2 Å². The van der Waals surface area contributed by atoms with Crippen LogP contribution in [0.2, 0.25) is 0 Å². The van der Waals surface area contributed by atoms with Crippen molar-refractivity contribution in [3.8, 4) is 0 Å². The number of carbonyl (C=O) groups excluding carboxylic acids is 2. The molecule has 0 spiro atoms. The van der Waals surface area contributed by atoms with Crippen LogP contribution >= 0.6 is 0 Å². The second kappa shape index (κ2) is 4.87. The zero-order valence-corrected chi connectivity index (χ0v) is 7.65. The highest BCUT2D eigenvalue weighted by Crippen LogP contribution is 2.23. The van der Waals surface area contributed by atoms with Crippen LogP contribution in [0.25, 0.3) is 0 Å². The number of isocyanates is 2. The van der Waals surface area contributed by atoms with Crippen LogP contribution in [0.5, 0.6) is 0 Å². The van der Waals surface area contributed by atoms with Gasteiger partial charge in [-0.25, -0.2) is 9.59 Å². The third-order valence-electron chi connectivity index (χ3n) is 1.72. The van der Waals surface area contributed by atoms with Gasteiger partial charge in [-0.1, -0.05) is 6.92 Å². The fraction of sp³-hybridized carbons (Fsp3) is 0.200. The maximum absolute atomic E-state index is 10.0. The van der Waals surface area contributed by atoms with Gasteiger partial charge in [-0.15, -0.1) is 0 Å². The molecular formula is C10H8N2O2. The fourth-order valence-corrected chi connectivity index (χ4v) is 1.10. The van der Waals surface area contributed by atoms with E-state index in [2.05, 4.69) is 9.98 Å². The van der Waals surface area contributed by atoms with E-state index in [4.69, 9.17) is 0 Å². The van der Waals surface area contributed by atoms with E-state index >= 15 is 0 Å². The van der Waals surface area contributed by atoms with Gasteiger partial charge in [-0.3, -0.25) is 0 Å². The zero-order valence-electron chi connectivity index (χ0n) is 7.65. The van der Waals surface area contributed by atoms with Gasteiger partial charge < -0.3 is 0 Å². The van der Waals surface area contributed by atoms with Crippen molar-refractivity contribution in [2.45, 2.75) is 13.3 Å². The van der Waals surface area contributed by atoms with E-state index in [1.54, 1.807) is 12.1 Å². The molecule has 1 aromatic carbocycles. The Bertz CT molecular complexity index is 391. The van der Waals surface area contributed by atoms with Crippen LogP contribution in [0.4, 0.5) is 11.4 Å². The molecule has 0 aliphatic rings. The van der Waals surface area contributed by atoms with Crippen molar-refractivity contribution in [1.29, 1.82) is 0 Å². The van der Waals surface area contributed by atoms with Crippen LogP contribution < -0.4 is 0 Å². The van der Waals surface area contributed by atoms with Crippen LogP contribution in [-0.2, 0) is 16.0 Å². The predicted molar refractivity (Wildman–Crippen MR) is 51.4 cm³/mol. The molecule has 4 nitrogen and oxygen atoms in total. The molecule has 0 atom stereocenters. The molecule has 0 aliphatic heterocycles. The predicted octanol–water partition coefficient (Wildman–Crippen LogP) is 2.18. The van der Waals surface area contributed by atoms with Crippen molar-refractivity contribution in [3.63, 3.8) is 0 Å². The Labute approximate surface area is 81.0 Å². The first-order valence-corrected chi connectivity index (χ1v) is 4.10. The van der Waals surface area contributed by atoms with Gasteiger partial charge in [0.2, 0.25) is 12.2 Å². The van der Waals surface area contributed by atoms with Crippen molar-refractivity contribution in [3.05, 3.63) is 23.8 Å². The maximum atomic E-state index is 10.0. The zero-order chi connectivity index (χ0) is 10.4. The van der Waals surface area contributed by atoms with E-state index in [9.17, 15) is 9.59 Å². The lowest BCUT2D eigenvalue weighted by atomic mass is 10.1. The SMILES string of the molecule is CCc1cc(N=C=O)cc(N=C=O)c1. The average molecular weight is 188 g/mol. The monoisotopic (exact) mass is 188 g/mol. The first-order chi connectivity index (χ1) is 6.80. The minimum absolute atomic E-state index is 0.452. The lowest BCUT2D eigenvalue weighted by Gasteiger charge is -1.99. The number of nitrogens with zero attached hydrogens (tertiary/aromatic N) is 2. The minimum Gasteiger partial charge on any atom is -0.211 e. The summed E-state index contributed by atoms with van der Waals surface area (Å²) >= 11 is 0. The highest BCUT2D eigenvalue weighted by molar-refractivity contribution is 5.60. The average Bonchev–Trinajstić information content (AvgIpc) is 2.18. The second-order valence-corrected chi connectivity index (χ2v) is 2.62. The summed E-state index contributed by atoms with van der Waals surface area (Å²) in [5.74, 6) is 0. The van der Waals surface area contributed by atoms with Crippen molar-refractivity contribution in [2.24, 2.45) is 9.98 Å². The molecule has 1 aromatic rings. The van der Waals surface area contributed by atoms with Gasteiger partial charge >= 0.3 is 0 Å². The number of aryl methyl sites for hydroxylation is 1. The van der Waals surface area contributed by atoms with Crippen LogP contribution in [0.15, 0.2) is 28.2 Å². The summed E-state index contributed by atoms with van der Waals surface area (Å²) in [6.07, 6.45) is 3.66. The molecule has 14 heavy (non-hydrogen) atoms. The van der Waals surface area contributed by atoms with Gasteiger partial charge in [0, 0.05) is 0 Å². The summed E-state index contributed by atoms with van der Waals surface area (Å²) in [5.41, 5.74) is 1.86. The van der Waals surface area contributed by atoms with Crippen molar-refractivity contribution < 1.29 is 9.59 Å². The number of benzene rings is 1. The molecule has 0 unspecified atom stereocenters. The van der Waals surface area contributed by atoms with Crippen LogP contribution in [0, 0.1) is 0 Å². The van der Waals surface area contributed by atoms with E-state index in [1.165, 1.54) is 18.2 Å². The molecule has 0 saturated heterocycles. The maximum Gasteiger partial charge on any atom is 0.240 e. The van der Waals surface area contributed by atoms with Gasteiger partial charge in [0.1, 0.15) is 0 Å². The Kier molecular flexibility index (Phi) is 3.50. The van der Waals surface area contributed by atoms with Crippen LogP contribution in [0.3, 0.4) is 0 Å². The molecule has 0 saturated carbocycles. The van der Waals surface area contributed by atoms with Gasteiger partial charge in [0.15, 0.2) is 0 Å². The first-order valence-electron chi connectivity index (χ1n) is 4.10. The summed E-state index contributed by atoms with van der Waals surface area (Å²) in [6.45, 7) is 1.96. The molecule has 0 heterocycles. The summed E-state index contributed by atoms with van der Waals surface area (Å²) < 4.78 is 0. The minimum atomic E-state index is 0.452. The Morgan fingerprint density at radius 1 is 1.07 bits per heavy atom. The molecule has 0 radical (unpaired) electrons. The van der Waals surface area contributed by atoms with Crippen LogP contribution in [0.1, 0.15) is 12.5 Å². The molecule has 0 bridgehead atoms. The van der Waals surface area contributed by atoms with Crippen LogP contribution in [-0.4, -0.2) is 12.2 Å². The molecular weight excluding hydrogens is 180 g/mol. The molecule has 70 valence electrons. The lowest BCUT2D eigenvalue weighted by molar-refractivity contribution is 0.565. The number of rotatable bonds is 3. The standard InChI is InChI=1S/C10H8N2O2/c1-2-8-3-9(11-6-13)5-10(4-8)12-7-14/h3-5H,2H2,1H3. The first kappa shape index (κ1) is 10.1. The number of aliphatic imine (C=N–C) groups is 2. The summed E-state index contributed by atoms with van der Waals surface area (Å²) in [4.78, 5) is 27.0. The normalized spacial score (nSPS) is 8.64. The van der Waals surface area contributed by atoms with Crippen molar-refractivity contribution in [2.75, 3.05) is 0 Å². The van der Waals surface area contributed by atoms with Gasteiger partial charge in [0.25, 0.3) is 0 Å². The molecule has 0 N–H and O–H groups in total. The highest BCUT2D eigenvalue weighted by Gasteiger charge is 1.98. The summed E-state index contributed by atoms with van der Waals surface area (Å²) in [5, 5.41) is 0. The Balaban J connectivity index is 3.25.